The van der Waals surface area contributed by atoms with Crippen LogP contribution in [0.25, 0.3) is 10.9 Å². The third kappa shape index (κ3) is 7.22. The molecule has 0 radical (unpaired) electrons. The van der Waals surface area contributed by atoms with E-state index < -0.39 is 16.0 Å². The standard InChI is InChI=1S/C23H25ClN4O5S.3ClH/c1-3-27-8-10-28(11-9-27)22-14-18(23(29)30)17-12-15(4-6-20(17)25-22)26-34(31,32)16-5-7-21(33-2)19(24)13-16;;;/h4-7,12-14,26H,3,8-11H2,1-2H3,(H,29,30);3*1H. The number of likely N-dealkylation sites (N-methyl/N-ethyl adjacent to an activating group) is 1. The van der Waals surface area contributed by atoms with Crippen LogP contribution in [0.4, 0.5) is 11.5 Å². The first kappa shape index (κ1) is 32.8. The fourth-order valence-electron chi connectivity index (χ4n) is 3.94. The molecule has 37 heavy (non-hydrogen) atoms. The number of aromatic carboxylic acids is 1. The van der Waals surface area contributed by atoms with E-state index in [1.165, 1.54) is 31.4 Å². The van der Waals surface area contributed by atoms with Gasteiger partial charge >= 0.3 is 5.97 Å². The highest BCUT2D eigenvalue weighted by Gasteiger charge is 2.21. The first-order valence-electron chi connectivity index (χ1n) is 10.7. The van der Waals surface area contributed by atoms with Gasteiger partial charge in [-0.1, -0.05) is 18.5 Å². The van der Waals surface area contributed by atoms with E-state index in [9.17, 15) is 18.3 Å². The van der Waals surface area contributed by atoms with Crippen LogP contribution in [-0.2, 0) is 10.0 Å². The van der Waals surface area contributed by atoms with Crippen molar-refractivity contribution in [3.8, 4) is 5.75 Å². The zero-order chi connectivity index (χ0) is 24.5. The van der Waals surface area contributed by atoms with E-state index in [0.717, 1.165) is 32.7 Å². The van der Waals surface area contributed by atoms with Crippen LogP contribution in [0.5, 0.6) is 5.75 Å². The number of benzene rings is 2. The summed E-state index contributed by atoms with van der Waals surface area (Å²) in [6.45, 7) is 6.37. The van der Waals surface area contributed by atoms with Crippen LogP contribution in [0.1, 0.15) is 17.3 Å². The molecule has 2 aromatic carbocycles. The van der Waals surface area contributed by atoms with Crippen LogP contribution in [0.2, 0.25) is 5.02 Å². The predicted octanol–water partition coefficient (Wildman–Crippen LogP) is 4.80. The van der Waals surface area contributed by atoms with Crippen molar-refractivity contribution in [1.82, 2.24) is 9.88 Å². The molecule has 4 rings (SSSR count). The molecule has 1 fully saturated rings. The van der Waals surface area contributed by atoms with Crippen molar-refractivity contribution in [3.05, 3.63) is 53.1 Å². The van der Waals surface area contributed by atoms with Crippen molar-refractivity contribution in [2.75, 3.05) is 49.5 Å². The maximum Gasteiger partial charge on any atom is 0.336 e. The molecule has 2 heterocycles. The van der Waals surface area contributed by atoms with Gasteiger partial charge in [0.2, 0.25) is 0 Å². The second-order valence-electron chi connectivity index (χ2n) is 7.89. The fourth-order valence-corrected chi connectivity index (χ4v) is 5.33. The Morgan fingerprint density at radius 1 is 1.08 bits per heavy atom. The van der Waals surface area contributed by atoms with Gasteiger partial charge in [0.25, 0.3) is 10.0 Å². The van der Waals surface area contributed by atoms with Gasteiger partial charge in [-0.15, -0.1) is 37.2 Å². The third-order valence-electron chi connectivity index (χ3n) is 5.85. The number of carboxylic acids is 1. The summed E-state index contributed by atoms with van der Waals surface area (Å²) in [6.07, 6.45) is 0. The molecule has 0 unspecified atom stereocenters. The van der Waals surface area contributed by atoms with Gasteiger partial charge in [0.05, 0.1) is 28.1 Å². The maximum absolute atomic E-state index is 12.9. The molecular weight excluding hydrogens is 586 g/mol. The quantitative estimate of drug-likeness (QED) is 0.391. The van der Waals surface area contributed by atoms with Crippen molar-refractivity contribution in [2.24, 2.45) is 0 Å². The number of hydrogen-bond donors (Lipinski definition) is 2. The molecule has 0 atom stereocenters. The lowest BCUT2D eigenvalue weighted by atomic mass is 10.1. The van der Waals surface area contributed by atoms with Gasteiger partial charge < -0.3 is 19.6 Å². The summed E-state index contributed by atoms with van der Waals surface area (Å²) in [5.41, 5.74) is 0.753. The normalized spacial score (nSPS) is 13.6. The van der Waals surface area contributed by atoms with Gasteiger partial charge in [-0.25, -0.2) is 18.2 Å². The Hall–Kier alpha value is -2.21. The Labute approximate surface area is 239 Å². The maximum atomic E-state index is 12.9. The number of sulfonamides is 1. The van der Waals surface area contributed by atoms with Crippen LogP contribution >= 0.6 is 48.8 Å². The molecule has 0 spiro atoms. The summed E-state index contributed by atoms with van der Waals surface area (Å²) in [6, 6.07) is 10.3. The van der Waals surface area contributed by atoms with Crippen LogP contribution in [0.3, 0.4) is 0 Å². The van der Waals surface area contributed by atoms with Crippen LogP contribution < -0.4 is 14.4 Å². The first-order valence-corrected chi connectivity index (χ1v) is 12.6. The van der Waals surface area contributed by atoms with E-state index in [1.54, 1.807) is 18.2 Å². The number of carbonyl (C=O) groups is 1. The molecule has 3 aromatic rings. The Morgan fingerprint density at radius 2 is 1.76 bits per heavy atom. The van der Waals surface area contributed by atoms with Gasteiger partial charge in [-0.2, -0.15) is 0 Å². The monoisotopic (exact) mass is 612 g/mol. The number of piperazine rings is 1. The Balaban J connectivity index is 0.00000228. The number of carboxylic acid groups (broad SMARTS) is 1. The summed E-state index contributed by atoms with van der Waals surface area (Å²) < 4.78 is 33.3. The zero-order valence-electron chi connectivity index (χ0n) is 20.0. The minimum atomic E-state index is -3.97. The fraction of sp³-hybridized carbons (Fsp3) is 0.304. The number of ether oxygens (including phenoxy) is 1. The van der Waals surface area contributed by atoms with Gasteiger partial charge in [0.15, 0.2) is 0 Å². The van der Waals surface area contributed by atoms with Crippen molar-refractivity contribution in [3.63, 3.8) is 0 Å². The molecule has 0 aliphatic carbocycles. The predicted molar refractivity (Wildman–Crippen MR) is 154 cm³/mol. The number of hydrogen-bond acceptors (Lipinski definition) is 7. The number of fused-ring (bicyclic) bond motifs is 1. The third-order valence-corrected chi connectivity index (χ3v) is 7.53. The first-order chi connectivity index (χ1) is 16.2. The van der Waals surface area contributed by atoms with E-state index in [2.05, 4.69) is 26.4 Å². The molecule has 1 saturated heterocycles. The smallest absolute Gasteiger partial charge is 0.336 e. The lowest BCUT2D eigenvalue weighted by Gasteiger charge is -2.35. The molecular formula is C23H28Cl4N4O5S. The summed E-state index contributed by atoms with van der Waals surface area (Å²) >= 11 is 6.07. The number of nitrogens with one attached hydrogen (secondary N) is 1. The van der Waals surface area contributed by atoms with Crippen molar-refractivity contribution in [1.29, 1.82) is 0 Å². The average molecular weight is 614 g/mol. The molecule has 1 aliphatic rings. The molecule has 0 saturated carbocycles. The van der Waals surface area contributed by atoms with Crippen molar-refractivity contribution >= 4 is 87.2 Å². The number of halogens is 4. The topological polar surface area (TPSA) is 112 Å². The summed E-state index contributed by atoms with van der Waals surface area (Å²) in [7, 11) is -2.53. The summed E-state index contributed by atoms with van der Waals surface area (Å²) in [5, 5.41) is 10.4. The van der Waals surface area contributed by atoms with Crippen LogP contribution in [-0.4, -0.2) is 69.2 Å². The van der Waals surface area contributed by atoms with E-state index in [4.69, 9.17) is 16.3 Å². The lowest BCUT2D eigenvalue weighted by molar-refractivity contribution is 0.0699. The highest BCUT2D eigenvalue weighted by molar-refractivity contribution is 7.92. The number of aromatic nitrogens is 1. The van der Waals surface area contributed by atoms with Gasteiger partial charge in [0.1, 0.15) is 11.6 Å². The summed E-state index contributed by atoms with van der Waals surface area (Å²) in [4.78, 5) is 21.0. The van der Waals surface area contributed by atoms with E-state index in [1.807, 2.05) is 0 Å². The molecule has 2 N–H and O–H groups in total. The number of nitrogens with zero attached hydrogens (tertiary/aromatic N) is 3. The van der Waals surface area contributed by atoms with Gasteiger partial charge in [0, 0.05) is 37.3 Å². The molecule has 1 aliphatic heterocycles. The SMILES string of the molecule is CCN1CCN(c2cc(C(=O)O)c3cc(NS(=O)(=O)c4ccc(OC)c(Cl)c4)ccc3n2)CC1.Cl.Cl.Cl. The number of anilines is 2. The highest BCUT2D eigenvalue weighted by atomic mass is 35.5. The van der Waals surface area contributed by atoms with Crippen molar-refractivity contribution < 1.29 is 23.1 Å². The second kappa shape index (κ2) is 13.5. The van der Waals surface area contributed by atoms with Gasteiger partial charge in [-0.05, 0) is 49.0 Å². The van der Waals surface area contributed by atoms with E-state index >= 15 is 0 Å². The van der Waals surface area contributed by atoms with E-state index in [-0.39, 0.29) is 58.4 Å². The Kier molecular flexibility index (Phi) is 12.0. The minimum Gasteiger partial charge on any atom is -0.495 e. The highest BCUT2D eigenvalue weighted by Crippen LogP contribution is 2.30. The molecule has 9 nitrogen and oxygen atoms in total. The largest absolute Gasteiger partial charge is 0.495 e. The Morgan fingerprint density at radius 3 is 2.32 bits per heavy atom. The molecule has 0 bridgehead atoms. The van der Waals surface area contributed by atoms with E-state index in [0.29, 0.717) is 22.5 Å². The number of methoxy groups -OCH3 is 1. The molecule has 14 heteroatoms. The zero-order valence-corrected chi connectivity index (χ0v) is 24.0. The van der Waals surface area contributed by atoms with Crippen molar-refractivity contribution in [2.45, 2.75) is 11.8 Å². The average Bonchev–Trinajstić information content (AvgIpc) is 2.83. The molecule has 204 valence electrons. The number of rotatable bonds is 7. The van der Waals surface area contributed by atoms with Crippen LogP contribution in [0, 0.1) is 0 Å². The van der Waals surface area contributed by atoms with Gasteiger partial charge in [-0.3, -0.25) is 4.72 Å². The number of pyridine rings is 1. The lowest BCUT2D eigenvalue weighted by Crippen LogP contribution is -2.46. The summed E-state index contributed by atoms with van der Waals surface area (Å²) in [5.74, 6) is -0.153. The van der Waals surface area contributed by atoms with Crippen LogP contribution in [0.15, 0.2) is 47.4 Å². The Bertz CT molecular complexity index is 1350. The molecule has 0 amide bonds. The molecule has 1 aromatic heterocycles. The second-order valence-corrected chi connectivity index (χ2v) is 9.98. The minimum absolute atomic E-state index is 0.